The SMILES string of the molecule is C[C@@H]1CN(C(=O)CCc2nc(C(C)(C)C)no2)C[C@@H](C)O1. The fourth-order valence-corrected chi connectivity index (χ4v) is 2.41. The summed E-state index contributed by atoms with van der Waals surface area (Å²) in [7, 11) is 0. The third-order valence-electron chi connectivity index (χ3n) is 3.46. The summed E-state index contributed by atoms with van der Waals surface area (Å²) in [4.78, 5) is 18.5. The molecule has 1 aromatic heterocycles. The second-order valence-electron chi connectivity index (χ2n) is 6.82. The summed E-state index contributed by atoms with van der Waals surface area (Å²) in [5, 5.41) is 3.97. The van der Waals surface area contributed by atoms with Gasteiger partial charge in [0.05, 0.1) is 12.2 Å². The Kier molecular flexibility index (Phi) is 4.66. The molecule has 2 heterocycles. The molecule has 1 saturated heterocycles. The van der Waals surface area contributed by atoms with E-state index in [2.05, 4.69) is 10.1 Å². The molecule has 2 atom stereocenters. The molecule has 0 spiro atoms. The monoisotopic (exact) mass is 295 g/mol. The number of nitrogens with zero attached hydrogens (tertiary/aromatic N) is 3. The van der Waals surface area contributed by atoms with Crippen molar-refractivity contribution < 1.29 is 14.1 Å². The van der Waals surface area contributed by atoms with Crippen LogP contribution >= 0.6 is 0 Å². The van der Waals surface area contributed by atoms with E-state index >= 15 is 0 Å². The van der Waals surface area contributed by atoms with Gasteiger partial charge in [-0.15, -0.1) is 0 Å². The molecule has 6 heteroatoms. The van der Waals surface area contributed by atoms with E-state index < -0.39 is 0 Å². The Hall–Kier alpha value is -1.43. The molecule has 1 aliphatic heterocycles. The van der Waals surface area contributed by atoms with Crippen LogP contribution in [0.5, 0.6) is 0 Å². The van der Waals surface area contributed by atoms with Gasteiger partial charge in [-0.25, -0.2) is 0 Å². The first-order chi connectivity index (χ1) is 9.75. The lowest BCUT2D eigenvalue weighted by Gasteiger charge is -2.35. The molecule has 118 valence electrons. The maximum absolute atomic E-state index is 12.2. The maximum Gasteiger partial charge on any atom is 0.227 e. The molecule has 1 aliphatic rings. The zero-order chi connectivity index (χ0) is 15.6. The van der Waals surface area contributed by atoms with Gasteiger partial charge in [0.25, 0.3) is 0 Å². The topological polar surface area (TPSA) is 68.5 Å². The highest BCUT2D eigenvalue weighted by molar-refractivity contribution is 5.76. The fourth-order valence-electron chi connectivity index (χ4n) is 2.41. The van der Waals surface area contributed by atoms with Gasteiger partial charge in [-0.3, -0.25) is 4.79 Å². The lowest BCUT2D eigenvalue weighted by atomic mass is 9.96. The van der Waals surface area contributed by atoms with Crippen molar-refractivity contribution in [2.24, 2.45) is 0 Å². The molecule has 0 N–H and O–H groups in total. The van der Waals surface area contributed by atoms with Crippen molar-refractivity contribution in [1.82, 2.24) is 15.0 Å². The number of morpholine rings is 1. The Morgan fingerprint density at radius 3 is 2.43 bits per heavy atom. The van der Waals surface area contributed by atoms with Crippen LogP contribution in [0.3, 0.4) is 0 Å². The summed E-state index contributed by atoms with van der Waals surface area (Å²) in [6.45, 7) is 11.4. The highest BCUT2D eigenvalue weighted by Crippen LogP contribution is 2.19. The van der Waals surface area contributed by atoms with Crippen molar-refractivity contribution in [1.29, 1.82) is 0 Å². The molecule has 1 fully saturated rings. The first-order valence-electron chi connectivity index (χ1n) is 7.52. The van der Waals surface area contributed by atoms with Crippen molar-refractivity contribution in [3.05, 3.63) is 11.7 Å². The highest BCUT2D eigenvalue weighted by Gasteiger charge is 2.26. The number of rotatable bonds is 3. The number of hydrogen-bond donors (Lipinski definition) is 0. The van der Waals surface area contributed by atoms with E-state index in [9.17, 15) is 4.79 Å². The smallest absolute Gasteiger partial charge is 0.227 e. The van der Waals surface area contributed by atoms with Crippen LogP contribution in [0.4, 0.5) is 0 Å². The van der Waals surface area contributed by atoms with Crippen LogP contribution in [0.1, 0.15) is 52.8 Å². The molecule has 0 aliphatic carbocycles. The number of ether oxygens (including phenoxy) is 1. The second kappa shape index (κ2) is 6.13. The summed E-state index contributed by atoms with van der Waals surface area (Å²) in [6, 6.07) is 0. The van der Waals surface area contributed by atoms with Crippen LogP contribution in [-0.4, -0.2) is 46.2 Å². The minimum Gasteiger partial charge on any atom is -0.372 e. The van der Waals surface area contributed by atoms with Crippen LogP contribution in [0.2, 0.25) is 0 Å². The van der Waals surface area contributed by atoms with Crippen LogP contribution < -0.4 is 0 Å². The molecule has 0 unspecified atom stereocenters. The van der Waals surface area contributed by atoms with Gasteiger partial charge >= 0.3 is 0 Å². The quantitative estimate of drug-likeness (QED) is 0.852. The van der Waals surface area contributed by atoms with Gasteiger partial charge in [-0.1, -0.05) is 25.9 Å². The van der Waals surface area contributed by atoms with Crippen molar-refractivity contribution in [2.75, 3.05) is 13.1 Å². The Morgan fingerprint density at radius 1 is 1.29 bits per heavy atom. The largest absolute Gasteiger partial charge is 0.372 e. The third kappa shape index (κ3) is 4.27. The predicted octanol–water partition coefficient (Wildman–Crippen LogP) is 1.94. The van der Waals surface area contributed by atoms with Gasteiger partial charge in [0.2, 0.25) is 11.8 Å². The maximum atomic E-state index is 12.2. The van der Waals surface area contributed by atoms with Crippen LogP contribution in [0, 0.1) is 0 Å². The zero-order valence-electron chi connectivity index (χ0n) is 13.5. The van der Waals surface area contributed by atoms with Gasteiger partial charge in [0.1, 0.15) is 0 Å². The van der Waals surface area contributed by atoms with Crippen molar-refractivity contribution in [2.45, 2.75) is 65.1 Å². The first kappa shape index (κ1) is 15.9. The lowest BCUT2D eigenvalue weighted by Crippen LogP contribution is -2.48. The van der Waals surface area contributed by atoms with E-state index in [1.807, 2.05) is 39.5 Å². The van der Waals surface area contributed by atoms with E-state index in [1.165, 1.54) is 0 Å². The average molecular weight is 295 g/mol. The van der Waals surface area contributed by atoms with Crippen LogP contribution in [0.25, 0.3) is 0 Å². The molecular formula is C15H25N3O3. The zero-order valence-corrected chi connectivity index (χ0v) is 13.5. The number of carbonyl (C=O) groups excluding carboxylic acids is 1. The van der Waals surface area contributed by atoms with Gasteiger partial charge in [0.15, 0.2) is 5.82 Å². The first-order valence-corrected chi connectivity index (χ1v) is 7.52. The summed E-state index contributed by atoms with van der Waals surface area (Å²) >= 11 is 0. The second-order valence-corrected chi connectivity index (χ2v) is 6.82. The molecular weight excluding hydrogens is 270 g/mol. The minimum atomic E-state index is -0.138. The van der Waals surface area contributed by atoms with E-state index in [1.54, 1.807) is 0 Å². The van der Waals surface area contributed by atoms with E-state index in [0.717, 1.165) is 0 Å². The molecule has 0 radical (unpaired) electrons. The van der Waals surface area contributed by atoms with Gasteiger partial charge in [-0.2, -0.15) is 4.98 Å². The van der Waals surface area contributed by atoms with E-state index in [-0.39, 0.29) is 23.5 Å². The lowest BCUT2D eigenvalue weighted by molar-refractivity contribution is -0.143. The van der Waals surface area contributed by atoms with Crippen molar-refractivity contribution >= 4 is 5.91 Å². The minimum absolute atomic E-state index is 0.0913. The van der Waals surface area contributed by atoms with E-state index in [0.29, 0.717) is 37.6 Å². The third-order valence-corrected chi connectivity index (χ3v) is 3.46. The molecule has 6 nitrogen and oxygen atoms in total. The summed E-state index contributed by atoms with van der Waals surface area (Å²) in [5.74, 6) is 1.33. The highest BCUT2D eigenvalue weighted by atomic mass is 16.5. The number of carbonyl (C=O) groups is 1. The van der Waals surface area contributed by atoms with Crippen LogP contribution in [-0.2, 0) is 21.4 Å². The van der Waals surface area contributed by atoms with Crippen LogP contribution in [0.15, 0.2) is 4.52 Å². The van der Waals surface area contributed by atoms with Gasteiger partial charge in [0, 0.05) is 31.3 Å². The fraction of sp³-hybridized carbons (Fsp3) is 0.800. The van der Waals surface area contributed by atoms with E-state index in [4.69, 9.17) is 9.26 Å². The normalized spacial score (nSPS) is 23.4. The summed E-state index contributed by atoms with van der Waals surface area (Å²) in [6.07, 6.45) is 1.06. The average Bonchev–Trinajstić information content (AvgIpc) is 2.83. The standard InChI is InChI=1S/C15H25N3O3/c1-10-8-18(9-11(2)20-10)13(19)7-6-12-16-14(17-21-12)15(3,4)5/h10-11H,6-9H2,1-5H3/t10-,11-/m1/s1. The Balaban J connectivity index is 1.88. The Labute approximate surface area is 125 Å². The number of amides is 1. The summed E-state index contributed by atoms with van der Waals surface area (Å²) < 4.78 is 10.8. The Morgan fingerprint density at radius 2 is 1.90 bits per heavy atom. The predicted molar refractivity (Wildman–Crippen MR) is 77.9 cm³/mol. The molecule has 2 rings (SSSR count). The molecule has 0 saturated carbocycles. The number of hydrogen-bond acceptors (Lipinski definition) is 5. The molecule has 1 amide bonds. The number of aryl methyl sites for hydroxylation is 1. The number of aromatic nitrogens is 2. The Bertz CT molecular complexity index is 483. The molecule has 21 heavy (non-hydrogen) atoms. The molecule has 1 aromatic rings. The van der Waals surface area contributed by atoms with Gasteiger partial charge < -0.3 is 14.2 Å². The summed E-state index contributed by atoms with van der Waals surface area (Å²) in [5.41, 5.74) is -0.138. The van der Waals surface area contributed by atoms with Crippen molar-refractivity contribution in [3.8, 4) is 0 Å². The molecule has 0 aromatic carbocycles. The van der Waals surface area contributed by atoms with Gasteiger partial charge in [-0.05, 0) is 13.8 Å². The van der Waals surface area contributed by atoms with Crippen molar-refractivity contribution in [3.63, 3.8) is 0 Å². The molecule has 0 bridgehead atoms.